The zero-order chi connectivity index (χ0) is 21.1. The molecule has 2 aromatic rings. The normalized spacial score (nSPS) is 26.2. The van der Waals surface area contributed by atoms with Crippen LogP contribution in [-0.4, -0.2) is 31.1 Å². The summed E-state index contributed by atoms with van der Waals surface area (Å²) in [6.07, 6.45) is 3.09. The Balaban J connectivity index is 1.68. The van der Waals surface area contributed by atoms with E-state index in [1.165, 1.54) is 24.3 Å². The van der Waals surface area contributed by atoms with Gasteiger partial charge >= 0.3 is 0 Å². The molecule has 1 unspecified atom stereocenters. The van der Waals surface area contributed by atoms with Crippen LogP contribution in [0, 0.1) is 17.6 Å². The molecule has 4 atom stereocenters. The molecule has 0 N–H and O–H groups in total. The molecule has 0 radical (unpaired) electrons. The molecule has 0 aromatic heterocycles. The number of rotatable bonds is 7. The van der Waals surface area contributed by atoms with E-state index in [1.54, 1.807) is 31.4 Å². The Morgan fingerprint density at radius 1 is 1.03 bits per heavy atom. The predicted octanol–water partition coefficient (Wildman–Crippen LogP) is 5.42. The van der Waals surface area contributed by atoms with Crippen LogP contribution >= 0.6 is 0 Å². The first-order valence-electron chi connectivity index (χ1n) is 10.5. The Labute approximate surface area is 175 Å². The van der Waals surface area contributed by atoms with E-state index < -0.39 is 6.10 Å². The molecule has 2 aliphatic rings. The number of nitrogens with zero attached hydrogens (tertiary/aromatic N) is 1. The van der Waals surface area contributed by atoms with Crippen molar-refractivity contribution in [2.24, 2.45) is 11.1 Å². The van der Waals surface area contributed by atoms with Gasteiger partial charge in [0.25, 0.3) is 0 Å². The first kappa shape index (κ1) is 20.9. The van der Waals surface area contributed by atoms with E-state index in [0.717, 1.165) is 42.5 Å². The molecule has 2 fully saturated rings. The summed E-state index contributed by atoms with van der Waals surface area (Å²) >= 11 is 0. The van der Waals surface area contributed by atoms with E-state index in [9.17, 15) is 8.78 Å². The molecule has 4 rings (SSSR count). The van der Waals surface area contributed by atoms with Gasteiger partial charge in [-0.05, 0) is 54.7 Å². The largest absolute Gasteiger partial charge is 0.399 e. The van der Waals surface area contributed by atoms with Gasteiger partial charge in [0.15, 0.2) is 0 Å². The second kappa shape index (κ2) is 9.23. The lowest BCUT2D eigenvalue weighted by molar-refractivity contribution is -0.118. The van der Waals surface area contributed by atoms with Crippen LogP contribution in [0.1, 0.15) is 49.8 Å². The SMILES string of the molecule is CCC(=NOC)[C@@H]1[C@H]2CCC(C[C@H]1OC(c1ccc(F)cc1)c1ccc(F)cc1)O2. The third-order valence-corrected chi connectivity index (χ3v) is 6.05. The summed E-state index contributed by atoms with van der Waals surface area (Å²) in [5, 5.41) is 4.27. The predicted molar refractivity (Wildman–Crippen MR) is 110 cm³/mol. The molecule has 0 amide bonds. The molecule has 2 heterocycles. The zero-order valence-corrected chi connectivity index (χ0v) is 17.3. The topological polar surface area (TPSA) is 40.0 Å². The summed E-state index contributed by atoms with van der Waals surface area (Å²) in [4.78, 5) is 5.10. The van der Waals surface area contributed by atoms with Crippen LogP contribution < -0.4 is 0 Å². The summed E-state index contributed by atoms with van der Waals surface area (Å²) in [5.41, 5.74) is 2.56. The number of hydrogen-bond donors (Lipinski definition) is 0. The summed E-state index contributed by atoms with van der Waals surface area (Å²) in [6.45, 7) is 2.05. The summed E-state index contributed by atoms with van der Waals surface area (Å²) in [6, 6.07) is 12.6. The molecular weight excluding hydrogens is 388 g/mol. The average Bonchev–Trinajstić information content (AvgIpc) is 3.14. The molecule has 2 bridgehead atoms. The Morgan fingerprint density at radius 2 is 1.63 bits per heavy atom. The minimum Gasteiger partial charge on any atom is -0.399 e. The fourth-order valence-corrected chi connectivity index (χ4v) is 4.66. The van der Waals surface area contributed by atoms with Gasteiger partial charge in [0.2, 0.25) is 0 Å². The zero-order valence-electron chi connectivity index (χ0n) is 17.3. The van der Waals surface area contributed by atoms with Crippen molar-refractivity contribution in [3.8, 4) is 0 Å². The van der Waals surface area contributed by atoms with Crippen LogP contribution in [-0.2, 0) is 14.3 Å². The third-order valence-electron chi connectivity index (χ3n) is 6.05. The summed E-state index contributed by atoms with van der Waals surface area (Å²) < 4.78 is 40.0. The first-order chi connectivity index (χ1) is 14.6. The van der Waals surface area contributed by atoms with Crippen molar-refractivity contribution >= 4 is 5.71 Å². The Morgan fingerprint density at radius 3 is 2.17 bits per heavy atom. The Bertz CT molecular complexity index is 824. The Hall–Kier alpha value is -2.31. The molecule has 2 aliphatic heterocycles. The summed E-state index contributed by atoms with van der Waals surface area (Å²) in [5.74, 6) is -0.629. The monoisotopic (exact) mass is 415 g/mol. The molecule has 4 nitrogen and oxygen atoms in total. The van der Waals surface area contributed by atoms with Crippen molar-refractivity contribution in [2.45, 2.75) is 57.0 Å². The highest BCUT2D eigenvalue weighted by Crippen LogP contribution is 2.42. The molecular formula is C24H27F2NO3. The highest BCUT2D eigenvalue weighted by molar-refractivity contribution is 5.87. The van der Waals surface area contributed by atoms with Crippen molar-refractivity contribution in [1.29, 1.82) is 0 Å². The van der Waals surface area contributed by atoms with Gasteiger partial charge < -0.3 is 14.3 Å². The number of benzene rings is 2. The fraction of sp³-hybridized carbons (Fsp3) is 0.458. The second-order valence-electron chi connectivity index (χ2n) is 7.91. The Kier molecular flexibility index (Phi) is 6.44. The molecule has 6 heteroatoms. The number of hydrogen-bond acceptors (Lipinski definition) is 4. The maximum absolute atomic E-state index is 13.5. The first-order valence-corrected chi connectivity index (χ1v) is 10.5. The summed E-state index contributed by atoms with van der Waals surface area (Å²) in [7, 11) is 1.55. The molecule has 2 aromatic carbocycles. The van der Waals surface area contributed by atoms with E-state index in [2.05, 4.69) is 5.16 Å². The van der Waals surface area contributed by atoms with Crippen LogP contribution in [0.15, 0.2) is 53.7 Å². The van der Waals surface area contributed by atoms with E-state index >= 15 is 0 Å². The lowest BCUT2D eigenvalue weighted by atomic mass is 9.86. The van der Waals surface area contributed by atoms with Crippen molar-refractivity contribution in [3.63, 3.8) is 0 Å². The van der Waals surface area contributed by atoms with Crippen molar-refractivity contribution in [3.05, 3.63) is 71.3 Å². The molecule has 0 spiro atoms. The van der Waals surface area contributed by atoms with Crippen LogP contribution in [0.2, 0.25) is 0 Å². The average molecular weight is 415 g/mol. The van der Waals surface area contributed by atoms with E-state index in [1.807, 2.05) is 6.92 Å². The van der Waals surface area contributed by atoms with Gasteiger partial charge in [0.1, 0.15) is 24.8 Å². The molecule has 160 valence electrons. The van der Waals surface area contributed by atoms with Crippen LogP contribution in [0.5, 0.6) is 0 Å². The molecule has 0 aliphatic carbocycles. The quantitative estimate of drug-likeness (QED) is 0.448. The highest BCUT2D eigenvalue weighted by atomic mass is 19.1. The van der Waals surface area contributed by atoms with E-state index in [-0.39, 0.29) is 35.9 Å². The van der Waals surface area contributed by atoms with Gasteiger partial charge in [-0.15, -0.1) is 0 Å². The standard InChI is InChI=1S/C24H27F2NO3/c1-3-20(27-28-2)23-21-13-12-19(29-21)14-22(23)30-24(15-4-8-17(25)9-5-15)16-6-10-18(26)11-7-16/h4-11,19,21-24H,3,12-14H2,1-2H3/t19?,21-,22-,23-/m1/s1. The van der Waals surface area contributed by atoms with Gasteiger partial charge in [-0.3, -0.25) is 0 Å². The molecule has 0 saturated carbocycles. The number of fused-ring (bicyclic) bond motifs is 2. The van der Waals surface area contributed by atoms with Gasteiger partial charge in [-0.25, -0.2) is 8.78 Å². The van der Waals surface area contributed by atoms with Crippen LogP contribution in [0.3, 0.4) is 0 Å². The lowest BCUT2D eigenvalue weighted by Gasteiger charge is -2.39. The minimum absolute atomic E-state index is 0.0166. The van der Waals surface area contributed by atoms with E-state index in [4.69, 9.17) is 14.3 Å². The maximum Gasteiger partial charge on any atom is 0.123 e. The highest BCUT2D eigenvalue weighted by Gasteiger charge is 2.46. The van der Waals surface area contributed by atoms with Crippen molar-refractivity contribution in [1.82, 2.24) is 0 Å². The number of ether oxygens (including phenoxy) is 2. The molecule has 2 saturated heterocycles. The number of oxime groups is 1. The van der Waals surface area contributed by atoms with Crippen LogP contribution in [0.25, 0.3) is 0 Å². The van der Waals surface area contributed by atoms with Crippen LogP contribution in [0.4, 0.5) is 8.78 Å². The van der Waals surface area contributed by atoms with E-state index in [0.29, 0.717) is 0 Å². The minimum atomic E-state index is -0.447. The van der Waals surface area contributed by atoms with Crippen molar-refractivity contribution in [2.75, 3.05) is 7.11 Å². The van der Waals surface area contributed by atoms with Gasteiger partial charge in [0.05, 0.1) is 29.9 Å². The van der Waals surface area contributed by atoms with Gasteiger partial charge in [-0.1, -0.05) is 36.3 Å². The van der Waals surface area contributed by atoms with Gasteiger partial charge in [-0.2, -0.15) is 0 Å². The lowest BCUT2D eigenvalue weighted by Crippen LogP contribution is -2.45. The van der Waals surface area contributed by atoms with Crippen molar-refractivity contribution < 1.29 is 23.1 Å². The number of halogens is 2. The fourth-order valence-electron chi connectivity index (χ4n) is 4.66. The maximum atomic E-state index is 13.5. The second-order valence-corrected chi connectivity index (χ2v) is 7.91. The smallest absolute Gasteiger partial charge is 0.123 e. The third kappa shape index (κ3) is 4.40. The molecule has 30 heavy (non-hydrogen) atoms. The van der Waals surface area contributed by atoms with Gasteiger partial charge in [0, 0.05) is 6.42 Å².